The molecule has 0 N–H and O–H groups in total. The van der Waals surface area contributed by atoms with E-state index in [9.17, 15) is 0 Å². The molecule has 0 bridgehead atoms. The summed E-state index contributed by atoms with van der Waals surface area (Å²) in [7, 11) is 0. The summed E-state index contributed by atoms with van der Waals surface area (Å²) in [6.07, 6.45) is 9.46. The molecule has 1 fully saturated rings. The lowest BCUT2D eigenvalue weighted by Gasteiger charge is -2.34. The summed E-state index contributed by atoms with van der Waals surface area (Å²) >= 11 is 1.89. The number of hydrogen-bond acceptors (Lipinski definition) is 4. The van der Waals surface area contributed by atoms with Crippen LogP contribution < -0.4 is 4.90 Å². The zero-order valence-corrected chi connectivity index (χ0v) is 12.2. The topological polar surface area (TPSA) is 29.0 Å². The van der Waals surface area contributed by atoms with Crippen molar-refractivity contribution in [2.24, 2.45) is 0 Å². The Bertz CT molecular complexity index is 619. The van der Waals surface area contributed by atoms with E-state index in [1.807, 2.05) is 11.3 Å². The van der Waals surface area contributed by atoms with E-state index >= 15 is 0 Å². The molecular formula is C15H19N3S. The van der Waals surface area contributed by atoms with E-state index < -0.39 is 0 Å². The summed E-state index contributed by atoms with van der Waals surface area (Å²) in [6, 6.07) is 0.615. The van der Waals surface area contributed by atoms with Crippen molar-refractivity contribution in [3.8, 4) is 0 Å². The van der Waals surface area contributed by atoms with Crippen molar-refractivity contribution in [2.45, 2.75) is 51.5 Å². The molecule has 3 heterocycles. The maximum atomic E-state index is 4.65. The van der Waals surface area contributed by atoms with Crippen LogP contribution in [0.15, 0.2) is 6.33 Å². The Morgan fingerprint density at radius 2 is 2.16 bits per heavy atom. The van der Waals surface area contributed by atoms with Crippen molar-refractivity contribution in [1.82, 2.24) is 9.97 Å². The van der Waals surface area contributed by atoms with Gasteiger partial charge in [-0.25, -0.2) is 9.97 Å². The standard InChI is InChI=1S/C15H19N3S/c1-10-5-2-3-8-18(10)14-13-11-6-4-7-12(11)19-15(13)17-9-16-14/h9-10H,2-8H2,1H3/t10-/m0/s1. The van der Waals surface area contributed by atoms with Crippen molar-refractivity contribution in [1.29, 1.82) is 0 Å². The summed E-state index contributed by atoms with van der Waals surface area (Å²) in [5.41, 5.74) is 1.55. The van der Waals surface area contributed by atoms with Crippen LogP contribution in [0.3, 0.4) is 0 Å². The van der Waals surface area contributed by atoms with E-state index in [0.29, 0.717) is 6.04 Å². The Morgan fingerprint density at radius 3 is 3.05 bits per heavy atom. The number of hydrogen-bond donors (Lipinski definition) is 0. The van der Waals surface area contributed by atoms with E-state index in [1.165, 1.54) is 54.6 Å². The number of fused-ring (bicyclic) bond motifs is 3. The molecule has 2 aromatic heterocycles. The molecule has 0 unspecified atom stereocenters. The number of aromatic nitrogens is 2. The first-order valence-electron chi connectivity index (χ1n) is 7.36. The van der Waals surface area contributed by atoms with E-state index in [1.54, 1.807) is 16.8 Å². The molecule has 1 aliphatic heterocycles. The van der Waals surface area contributed by atoms with Crippen LogP contribution in [0.5, 0.6) is 0 Å². The fraction of sp³-hybridized carbons (Fsp3) is 0.600. The van der Waals surface area contributed by atoms with Gasteiger partial charge in [0.05, 0.1) is 5.39 Å². The Kier molecular flexibility index (Phi) is 2.72. The van der Waals surface area contributed by atoms with Gasteiger partial charge in [-0.1, -0.05) is 0 Å². The van der Waals surface area contributed by atoms with Gasteiger partial charge in [-0.05, 0) is 51.0 Å². The summed E-state index contributed by atoms with van der Waals surface area (Å²) < 4.78 is 0. The van der Waals surface area contributed by atoms with Crippen LogP contribution in [-0.2, 0) is 12.8 Å². The van der Waals surface area contributed by atoms with Crippen LogP contribution in [0.4, 0.5) is 5.82 Å². The van der Waals surface area contributed by atoms with Crippen molar-refractivity contribution in [3.05, 3.63) is 16.8 Å². The molecule has 0 radical (unpaired) electrons. The normalized spacial score (nSPS) is 23.0. The van der Waals surface area contributed by atoms with Crippen LogP contribution in [0.1, 0.15) is 43.0 Å². The van der Waals surface area contributed by atoms with Crippen LogP contribution in [-0.4, -0.2) is 22.6 Å². The molecule has 2 aliphatic rings. The van der Waals surface area contributed by atoms with E-state index in [4.69, 9.17) is 0 Å². The number of piperidine rings is 1. The third-order valence-electron chi connectivity index (χ3n) is 4.56. The average Bonchev–Trinajstić information content (AvgIpc) is 2.99. The summed E-state index contributed by atoms with van der Waals surface area (Å²) in [6.45, 7) is 3.48. The number of thiophene rings is 1. The van der Waals surface area contributed by atoms with Gasteiger partial charge >= 0.3 is 0 Å². The molecular weight excluding hydrogens is 254 g/mol. The summed E-state index contributed by atoms with van der Waals surface area (Å²) in [5, 5.41) is 1.37. The molecule has 4 heteroatoms. The predicted molar refractivity (Wildman–Crippen MR) is 80.1 cm³/mol. The molecule has 0 aromatic carbocycles. The number of aryl methyl sites for hydroxylation is 2. The van der Waals surface area contributed by atoms with Crippen molar-refractivity contribution >= 4 is 27.4 Å². The molecule has 1 atom stereocenters. The van der Waals surface area contributed by atoms with Crippen LogP contribution in [0.25, 0.3) is 10.2 Å². The SMILES string of the molecule is C[C@H]1CCCCN1c1ncnc2sc3c(c12)CCC3. The second kappa shape index (κ2) is 4.44. The minimum absolute atomic E-state index is 0.615. The number of anilines is 1. The quantitative estimate of drug-likeness (QED) is 0.795. The Morgan fingerprint density at radius 1 is 1.21 bits per heavy atom. The highest BCUT2D eigenvalue weighted by Crippen LogP contribution is 2.41. The third kappa shape index (κ3) is 1.76. The second-order valence-corrected chi connectivity index (χ2v) is 6.86. The molecule has 4 rings (SSSR count). The number of rotatable bonds is 1. The monoisotopic (exact) mass is 273 g/mol. The van der Waals surface area contributed by atoms with E-state index in [0.717, 1.165) is 6.54 Å². The Labute approximate surface area is 117 Å². The average molecular weight is 273 g/mol. The van der Waals surface area contributed by atoms with Crippen molar-refractivity contribution in [2.75, 3.05) is 11.4 Å². The molecule has 1 saturated heterocycles. The van der Waals surface area contributed by atoms with Crippen molar-refractivity contribution < 1.29 is 0 Å². The number of nitrogens with zero attached hydrogens (tertiary/aromatic N) is 3. The van der Waals surface area contributed by atoms with E-state index in [2.05, 4.69) is 21.8 Å². The fourth-order valence-electron chi connectivity index (χ4n) is 3.54. The lowest BCUT2D eigenvalue weighted by Crippen LogP contribution is -2.38. The van der Waals surface area contributed by atoms with Gasteiger partial charge in [-0.15, -0.1) is 11.3 Å². The van der Waals surface area contributed by atoms with Gasteiger partial charge in [-0.2, -0.15) is 0 Å². The van der Waals surface area contributed by atoms with Gasteiger partial charge in [0.25, 0.3) is 0 Å². The Hall–Kier alpha value is -1.16. The summed E-state index contributed by atoms with van der Waals surface area (Å²) in [5.74, 6) is 1.21. The highest BCUT2D eigenvalue weighted by molar-refractivity contribution is 7.19. The third-order valence-corrected chi connectivity index (χ3v) is 5.76. The van der Waals surface area contributed by atoms with Gasteiger partial charge in [0, 0.05) is 17.5 Å². The maximum Gasteiger partial charge on any atom is 0.141 e. The van der Waals surface area contributed by atoms with Gasteiger partial charge in [-0.3, -0.25) is 0 Å². The van der Waals surface area contributed by atoms with Crippen molar-refractivity contribution in [3.63, 3.8) is 0 Å². The first-order chi connectivity index (χ1) is 9.34. The molecule has 19 heavy (non-hydrogen) atoms. The van der Waals surface area contributed by atoms with Crippen LogP contribution in [0, 0.1) is 0 Å². The predicted octanol–water partition coefficient (Wildman–Crippen LogP) is 3.56. The molecule has 0 amide bonds. The molecule has 0 saturated carbocycles. The van der Waals surface area contributed by atoms with Gasteiger partial charge < -0.3 is 4.90 Å². The van der Waals surface area contributed by atoms with Gasteiger partial charge in [0.1, 0.15) is 17.0 Å². The minimum Gasteiger partial charge on any atom is -0.353 e. The van der Waals surface area contributed by atoms with Crippen LogP contribution >= 0.6 is 11.3 Å². The van der Waals surface area contributed by atoms with E-state index in [-0.39, 0.29) is 0 Å². The largest absolute Gasteiger partial charge is 0.353 e. The highest BCUT2D eigenvalue weighted by atomic mass is 32.1. The molecule has 0 spiro atoms. The molecule has 1 aliphatic carbocycles. The second-order valence-electron chi connectivity index (χ2n) is 5.77. The highest BCUT2D eigenvalue weighted by Gasteiger charge is 2.26. The van der Waals surface area contributed by atoms with Crippen LogP contribution in [0.2, 0.25) is 0 Å². The molecule has 100 valence electrons. The van der Waals surface area contributed by atoms with Gasteiger partial charge in [0.2, 0.25) is 0 Å². The van der Waals surface area contributed by atoms with Gasteiger partial charge in [0.15, 0.2) is 0 Å². The molecule has 3 nitrogen and oxygen atoms in total. The Balaban J connectivity index is 1.89. The first kappa shape index (κ1) is 11.6. The summed E-state index contributed by atoms with van der Waals surface area (Å²) in [4.78, 5) is 14.4. The minimum atomic E-state index is 0.615. The zero-order valence-electron chi connectivity index (χ0n) is 11.4. The zero-order chi connectivity index (χ0) is 12.8. The fourth-order valence-corrected chi connectivity index (χ4v) is 4.77. The lowest BCUT2D eigenvalue weighted by atomic mass is 10.0. The smallest absolute Gasteiger partial charge is 0.141 e. The molecule has 2 aromatic rings. The first-order valence-corrected chi connectivity index (χ1v) is 8.18. The lowest BCUT2D eigenvalue weighted by molar-refractivity contribution is 0.482. The maximum absolute atomic E-state index is 4.65.